The van der Waals surface area contributed by atoms with Crippen LogP contribution in [0.1, 0.15) is 44.5 Å². The van der Waals surface area contributed by atoms with Crippen LogP contribution in [-0.4, -0.2) is 14.2 Å². The van der Waals surface area contributed by atoms with Gasteiger partial charge in [-0.05, 0) is 122 Å². The second kappa shape index (κ2) is 18.8. The number of hydrogen-bond acceptors (Lipinski definition) is 4. The van der Waals surface area contributed by atoms with Crippen LogP contribution in [0.4, 0.5) is 34.1 Å². The van der Waals surface area contributed by atoms with Crippen LogP contribution in [-0.2, 0) is 0 Å². The van der Waals surface area contributed by atoms with Gasteiger partial charge in [0.25, 0.3) is 0 Å². The van der Waals surface area contributed by atoms with Gasteiger partial charge >= 0.3 is 0 Å². The largest absolute Gasteiger partial charge is 0.496 e. The van der Waals surface area contributed by atoms with E-state index in [4.69, 9.17) is 9.47 Å². The summed E-state index contributed by atoms with van der Waals surface area (Å²) in [7, 11) is 3.47. The number of methoxy groups -OCH3 is 2. The SMILES string of the molecule is COc1cc(N(c2ccc(-c3ccc(N(c4ccc(/C=C/c5ccccc5)c(OC)c4)c4ccc(C)cc4C)cc3)cc2)c2ccc(C)cc2C)ccc1/C=C/c1ccccc1. The summed E-state index contributed by atoms with van der Waals surface area (Å²) in [4.78, 5) is 4.63. The molecule has 4 heteroatoms. The van der Waals surface area contributed by atoms with Crippen molar-refractivity contribution in [2.24, 2.45) is 0 Å². The van der Waals surface area contributed by atoms with Gasteiger partial charge < -0.3 is 19.3 Å². The van der Waals surface area contributed by atoms with Crippen LogP contribution in [0.3, 0.4) is 0 Å². The molecule has 0 saturated carbocycles. The number of aryl methyl sites for hydroxylation is 4. The zero-order valence-electron chi connectivity index (χ0n) is 36.3. The molecule has 8 aromatic rings. The summed E-state index contributed by atoms with van der Waals surface area (Å²) in [5, 5.41) is 0. The van der Waals surface area contributed by atoms with Crippen LogP contribution < -0.4 is 19.3 Å². The van der Waals surface area contributed by atoms with Gasteiger partial charge in [0.15, 0.2) is 0 Å². The lowest BCUT2D eigenvalue weighted by molar-refractivity contribution is 0.414. The zero-order valence-corrected chi connectivity index (χ0v) is 36.3. The summed E-state index contributed by atoms with van der Waals surface area (Å²) >= 11 is 0. The minimum atomic E-state index is 0.810. The van der Waals surface area contributed by atoms with Crippen molar-refractivity contribution in [1.82, 2.24) is 0 Å². The van der Waals surface area contributed by atoms with E-state index in [1.807, 2.05) is 36.4 Å². The second-order valence-electron chi connectivity index (χ2n) is 15.7. The first-order chi connectivity index (χ1) is 30.3. The third-order valence-corrected chi connectivity index (χ3v) is 11.2. The van der Waals surface area contributed by atoms with E-state index >= 15 is 0 Å². The van der Waals surface area contributed by atoms with Crippen LogP contribution in [0.15, 0.2) is 182 Å². The van der Waals surface area contributed by atoms with E-state index in [-0.39, 0.29) is 0 Å². The highest BCUT2D eigenvalue weighted by Crippen LogP contribution is 2.42. The molecule has 62 heavy (non-hydrogen) atoms. The maximum atomic E-state index is 5.97. The van der Waals surface area contributed by atoms with E-state index in [9.17, 15) is 0 Å². The molecule has 4 nitrogen and oxygen atoms in total. The van der Waals surface area contributed by atoms with Crippen molar-refractivity contribution in [2.45, 2.75) is 27.7 Å². The fourth-order valence-electron chi connectivity index (χ4n) is 8.03. The Bertz CT molecular complexity index is 2650. The number of benzene rings is 8. The fourth-order valence-corrected chi connectivity index (χ4v) is 8.03. The highest BCUT2D eigenvalue weighted by atomic mass is 16.5. The average molecular weight is 809 g/mol. The molecule has 0 radical (unpaired) electrons. The van der Waals surface area contributed by atoms with Gasteiger partial charge in [0.1, 0.15) is 11.5 Å². The van der Waals surface area contributed by atoms with Gasteiger partial charge in [0, 0.05) is 57.4 Å². The Labute approximate surface area is 367 Å². The van der Waals surface area contributed by atoms with E-state index in [1.165, 1.54) is 22.3 Å². The predicted octanol–water partition coefficient (Wildman–Crippen LogP) is 15.9. The van der Waals surface area contributed by atoms with Crippen molar-refractivity contribution in [2.75, 3.05) is 24.0 Å². The number of anilines is 6. The Morgan fingerprint density at radius 2 is 0.726 bits per heavy atom. The van der Waals surface area contributed by atoms with Gasteiger partial charge in [-0.3, -0.25) is 0 Å². The fraction of sp³-hybridized carbons (Fsp3) is 0.103. The molecule has 0 aromatic heterocycles. The standard InChI is InChI=1S/C58H52N2O2/c1-41-17-35-55(43(3)37-41)59(53-33-27-49(57(39-53)61-5)21-19-45-13-9-7-10-14-45)51-29-23-47(24-30-51)48-25-31-52(32-26-48)60(56-36-18-42(2)38-44(56)4)54-34-28-50(58(40-54)62-6)22-20-46-15-11-8-12-16-46/h7-40H,1-6H3/b21-19+,22-20+. The van der Waals surface area contributed by atoms with E-state index in [0.717, 1.165) is 79.0 Å². The molecule has 8 aromatic carbocycles. The molecule has 306 valence electrons. The first-order valence-electron chi connectivity index (χ1n) is 21.1. The number of nitrogens with zero attached hydrogens (tertiary/aromatic N) is 2. The Hall–Kier alpha value is -7.56. The van der Waals surface area contributed by atoms with Crippen molar-refractivity contribution < 1.29 is 9.47 Å². The lowest BCUT2D eigenvalue weighted by atomic mass is 10.0. The lowest BCUT2D eigenvalue weighted by Gasteiger charge is -2.28. The minimum absolute atomic E-state index is 0.810. The summed E-state index contributed by atoms with van der Waals surface area (Å²) in [5.41, 5.74) is 17.8. The molecule has 0 atom stereocenters. The molecule has 0 unspecified atom stereocenters. The Balaban J connectivity index is 1.11. The highest BCUT2D eigenvalue weighted by molar-refractivity contribution is 5.85. The van der Waals surface area contributed by atoms with Crippen LogP contribution in [0.2, 0.25) is 0 Å². The summed E-state index contributed by atoms with van der Waals surface area (Å²) in [6.07, 6.45) is 8.45. The van der Waals surface area contributed by atoms with E-state index in [2.05, 4.69) is 207 Å². The van der Waals surface area contributed by atoms with Crippen molar-refractivity contribution in [3.8, 4) is 22.6 Å². The van der Waals surface area contributed by atoms with Crippen molar-refractivity contribution in [3.05, 3.63) is 226 Å². The van der Waals surface area contributed by atoms with Gasteiger partial charge in [0.05, 0.1) is 14.2 Å². The van der Waals surface area contributed by atoms with Gasteiger partial charge in [0.2, 0.25) is 0 Å². The smallest absolute Gasteiger partial charge is 0.128 e. The first-order valence-corrected chi connectivity index (χ1v) is 21.1. The molecular weight excluding hydrogens is 757 g/mol. The third kappa shape index (κ3) is 9.26. The molecule has 0 N–H and O–H groups in total. The summed E-state index contributed by atoms with van der Waals surface area (Å²) in [5.74, 6) is 1.62. The van der Waals surface area contributed by atoms with Crippen molar-refractivity contribution in [1.29, 1.82) is 0 Å². The van der Waals surface area contributed by atoms with Crippen LogP contribution in [0.5, 0.6) is 11.5 Å². The Morgan fingerprint density at radius 1 is 0.355 bits per heavy atom. The third-order valence-electron chi connectivity index (χ3n) is 11.2. The normalized spacial score (nSPS) is 11.3. The number of rotatable bonds is 13. The molecule has 0 heterocycles. The topological polar surface area (TPSA) is 24.9 Å². The monoisotopic (exact) mass is 808 g/mol. The number of ether oxygens (including phenoxy) is 2. The van der Waals surface area contributed by atoms with Crippen molar-refractivity contribution >= 4 is 58.4 Å². The van der Waals surface area contributed by atoms with Crippen LogP contribution in [0, 0.1) is 27.7 Å². The molecule has 0 saturated heterocycles. The first kappa shape index (κ1) is 41.2. The molecule has 0 bridgehead atoms. The summed E-state index contributed by atoms with van der Waals surface area (Å²) in [6, 6.07) is 64.4. The molecule has 0 aliphatic heterocycles. The van der Waals surface area contributed by atoms with E-state index in [0.29, 0.717) is 0 Å². The van der Waals surface area contributed by atoms with E-state index in [1.54, 1.807) is 14.2 Å². The van der Waals surface area contributed by atoms with Gasteiger partial charge in [-0.2, -0.15) is 0 Å². The Morgan fingerprint density at radius 3 is 1.08 bits per heavy atom. The molecule has 0 spiro atoms. The lowest BCUT2D eigenvalue weighted by Crippen LogP contribution is -2.12. The highest BCUT2D eigenvalue weighted by Gasteiger charge is 2.19. The summed E-state index contributed by atoms with van der Waals surface area (Å²) < 4.78 is 11.9. The average Bonchev–Trinajstić information content (AvgIpc) is 3.30. The maximum Gasteiger partial charge on any atom is 0.128 e. The van der Waals surface area contributed by atoms with Gasteiger partial charge in [-0.25, -0.2) is 0 Å². The zero-order chi connectivity index (χ0) is 43.0. The summed E-state index contributed by atoms with van der Waals surface area (Å²) in [6.45, 7) is 8.62. The number of hydrogen-bond donors (Lipinski definition) is 0. The molecule has 0 amide bonds. The van der Waals surface area contributed by atoms with Crippen molar-refractivity contribution in [3.63, 3.8) is 0 Å². The quantitative estimate of drug-likeness (QED) is 0.108. The molecule has 0 fully saturated rings. The van der Waals surface area contributed by atoms with Crippen LogP contribution >= 0.6 is 0 Å². The van der Waals surface area contributed by atoms with Gasteiger partial charge in [-0.1, -0.05) is 145 Å². The van der Waals surface area contributed by atoms with E-state index < -0.39 is 0 Å². The minimum Gasteiger partial charge on any atom is -0.496 e. The van der Waals surface area contributed by atoms with Gasteiger partial charge in [-0.15, -0.1) is 0 Å². The molecule has 8 rings (SSSR count). The molecule has 0 aliphatic rings. The Kier molecular flexibility index (Phi) is 12.5. The van der Waals surface area contributed by atoms with Crippen LogP contribution in [0.25, 0.3) is 35.4 Å². The molecule has 0 aliphatic carbocycles. The molecular formula is C58H52N2O2. The maximum absolute atomic E-state index is 5.97. The predicted molar refractivity (Wildman–Crippen MR) is 264 cm³/mol. The second-order valence-corrected chi connectivity index (χ2v) is 15.7.